The molecular formula is C17H16FNO2. The van der Waals surface area contributed by atoms with Crippen LogP contribution in [-0.2, 0) is 13.2 Å². The van der Waals surface area contributed by atoms with Crippen molar-refractivity contribution in [1.82, 2.24) is 4.57 Å². The molecule has 0 bridgehead atoms. The Balaban J connectivity index is 1.94. The van der Waals surface area contributed by atoms with E-state index in [9.17, 15) is 9.50 Å². The number of aryl methyl sites for hydroxylation is 1. The van der Waals surface area contributed by atoms with E-state index in [0.717, 1.165) is 11.1 Å². The summed E-state index contributed by atoms with van der Waals surface area (Å²) in [6.07, 6.45) is 0. The van der Waals surface area contributed by atoms with E-state index in [1.807, 2.05) is 23.6 Å². The van der Waals surface area contributed by atoms with Crippen molar-refractivity contribution in [3.05, 3.63) is 60.0 Å². The first kappa shape index (κ1) is 13.5. The third-order valence-electron chi connectivity index (χ3n) is 3.51. The highest BCUT2D eigenvalue weighted by Crippen LogP contribution is 2.27. The minimum atomic E-state index is -0.233. The second-order valence-corrected chi connectivity index (χ2v) is 4.81. The van der Waals surface area contributed by atoms with E-state index in [2.05, 4.69) is 0 Å². The summed E-state index contributed by atoms with van der Waals surface area (Å²) in [6.45, 7) is 2.90. The molecule has 0 aliphatic heterocycles. The number of rotatable bonds is 4. The van der Waals surface area contributed by atoms with Crippen molar-refractivity contribution in [3.8, 4) is 11.5 Å². The van der Waals surface area contributed by atoms with Gasteiger partial charge in [-0.3, -0.25) is 0 Å². The molecule has 0 fully saturated rings. The number of aromatic nitrogens is 1. The molecule has 0 saturated heterocycles. The summed E-state index contributed by atoms with van der Waals surface area (Å²) in [6, 6.07) is 13.8. The summed E-state index contributed by atoms with van der Waals surface area (Å²) >= 11 is 0. The van der Waals surface area contributed by atoms with Gasteiger partial charge in [-0.2, -0.15) is 0 Å². The van der Waals surface area contributed by atoms with Gasteiger partial charge in [0.1, 0.15) is 12.4 Å². The number of phenolic OH excluding ortho intramolecular Hbond substituents is 1. The average Bonchev–Trinajstić information content (AvgIpc) is 2.85. The summed E-state index contributed by atoms with van der Waals surface area (Å²) in [5, 5.41) is 10.6. The van der Waals surface area contributed by atoms with Crippen LogP contribution in [0.5, 0.6) is 11.5 Å². The molecule has 108 valence electrons. The topological polar surface area (TPSA) is 34.4 Å². The highest BCUT2D eigenvalue weighted by molar-refractivity contribution is 5.81. The number of nitrogens with zero attached hydrogens (tertiary/aromatic N) is 1. The summed E-state index contributed by atoms with van der Waals surface area (Å²) in [5.74, 6) is 0.289. The first-order valence-electron chi connectivity index (χ1n) is 6.88. The molecule has 0 radical (unpaired) electrons. The molecule has 0 atom stereocenters. The molecule has 0 unspecified atom stereocenters. The van der Waals surface area contributed by atoms with E-state index in [0.29, 0.717) is 17.8 Å². The minimum Gasteiger partial charge on any atom is -0.504 e. The number of hydrogen-bond donors (Lipinski definition) is 1. The second kappa shape index (κ2) is 5.48. The predicted molar refractivity (Wildman–Crippen MR) is 80.0 cm³/mol. The van der Waals surface area contributed by atoms with Gasteiger partial charge in [-0.1, -0.05) is 24.3 Å². The largest absolute Gasteiger partial charge is 0.504 e. The van der Waals surface area contributed by atoms with E-state index >= 15 is 0 Å². The second-order valence-electron chi connectivity index (χ2n) is 4.81. The Labute approximate surface area is 122 Å². The van der Waals surface area contributed by atoms with Gasteiger partial charge < -0.3 is 14.4 Å². The van der Waals surface area contributed by atoms with Crippen LogP contribution in [-0.4, -0.2) is 9.67 Å². The molecule has 1 N–H and O–H groups in total. The third-order valence-corrected chi connectivity index (χ3v) is 3.51. The zero-order valence-corrected chi connectivity index (χ0v) is 11.7. The normalized spacial score (nSPS) is 11.0. The highest BCUT2D eigenvalue weighted by atomic mass is 19.1. The molecule has 1 aromatic heterocycles. The number of aromatic hydroxyl groups is 1. The van der Waals surface area contributed by atoms with Crippen LogP contribution in [0.1, 0.15) is 12.6 Å². The Morgan fingerprint density at radius 2 is 1.95 bits per heavy atom. The molecule has 0 spiro atoms. The zero-order valence-electron chi connectivity index (χ0n) is 11.7. The lowest BCUT2D eigenvalue weighted by molar-refractivity contribution is 0.280. The maximum absolute atomic E-state index is 14.0. The van der Waals surface area contributed by atoms with Crippen LogP contribution >= 0.6 is 0 Å². The van der Waals surface area contributed by atoms with Gasteiger partial charge in [-0.25, -0.2) is 4.39 Å². The molecular weight excluding hydrogens is 269 g/mol. The summed E-state index contributed by atoms with van der Waals surface area (Å²) in [7, 11) is 0. The smallest absolute Gasteiger partial charge is 0.161 e. The van der Waals surface area contributed by atoms with Crippen LogP contribution in [0.4, 0.5) is 4.39 Å². The maximum Gasteiger partial charge on any atom is 0.161 e. The van der Waals surface area contributed by atoms with E-state index in [1.165, 1.54) is 6.07 Å². The molecule has 4 heteroatoms. The standard InChI is InChI=1S/C17H16FNO2/c1-2-19-13(10-12-6-5-7-14(18)17(12)19)11-21-16-9-4-3-8-15(16)20/h3-10,20H,2,11H2,1H3. The monoisotopic (exact) mass is 285 g/mol. The molecule has 3 aromatic rings. The molecule has 0 amide bonds. The summed E-state index contributed by atoms with van der Waals surface area (Å²) in [4.78, 5) is 0. The first-order chi connectivity index (χ1) is 10.2. The number of halogens is 1. The number of hydrogen-bond acceptors (Lipinski definition) is 2. The number of fused-ring (bicyclic) bond motifs is 1. The molecule has 3 nitrogen and oxygen atoms in total. The van der Waals surface area contributed by atoms with Crippen molar-refractivity contribution in [2.24, 2.45) is 0 Å². The van der Waals surface area contributed by atoms with Crippen molar-refractivity contribution < 1.29 is 14.2 Å². The summed E-state index contributed by atoms with van der Waals surface area (Å²) in [5.41, 5.74) is 1.47. The van der Waals surface area contributed by atoms with Crippen LogP contribution < -0.4 is 4.74 Å². The Kier molecular flexibility index (Phi) is 3.52. The number of ether oxygens (including phenoxy) is 1. The maximum atomic E-state index is 14.0. The van der Waals surface area contributed by atoms with Gasteiger partial charge in [0, 0.05) is 11.9 Å². The van der Waals surface area contributed by atoms with Gasteiger partial charge in [-0.05, 0) is 31.2 Å². The zero-order chi connectivity index (χ0) is 14.8. The fourth-order valence-electron chi connectivity index (χ4n) is 2.55. The van der Waals surface area contributed by atoms with E-state index < -0.39 is 0 Å². The van der Waals surface area contributed by atoms with E-state index in [1.54, 1.807) is 30.3 Å². The Bertz CT molecular complexity index is 780. The lowest BCUT2D eigenvalue weighted by Gasteiger charge is -2.11. The van der Waals surface area contributed by atoms with Gasteiger partial charge in [0.25, 0.3) is 0 Å². The number of phenols is 1. The third kappa shape index (κ3) is 2.44. The molecule has 0 aliphatic carbocycles. The molecule has 21 heavy (non-hydrogen) atoms. The van der Waals surface area contributed by atoms with Crippen molar-refractivity contribution >= 4 is 10.9 Å². The van der Waals surface area contributed by atoms with Crippen LogP contribution in [0, 0.1) is 5.82 Å². The van der Waals surface area contributed by atoms with Gasteiger partial charge in [0.2, 0.25) is 0 Å². The van der Waals surface area contributed by atoms with E-state index in [4.69, 9.17) is 4.74 Å². The van der Waals surface area contributed by atoms with Crippen molar-refractivity contribution in [1.29, 1.82) is 0 Å². The molecule has 0 aliphatic rings. The number of benzene rings is 2. The van der Waals surface area contributed by atoms with Gasteiger partial charge in [0.05, 0.1) is 11.2 Å². The highest BCUT2D eigenvalue weighted by Gasteiger charge is 2.12. The minimum absolute atomic E-state index is 0.0999. The van der Waals surface area contributed by atoms with Gasteiger partial charge in [0.15, 0.2) is 11.5 Å². The quantitative estimate of drug-likeness (QED) is 0.783. The van der Waals surface area contributed by atoms with E-state index in [-0.39, 0.29) is 18.2 Å². The Morgan fingerprint density at radius 3 is 2.71 bits per heavy atom. The molecule has 3 rings (SSSR count). The average molecular weight is 285 g/mol. The van der Waals surface area contributed by atoms with Gasteiger partial charge >= 0.3 is 0 Å². The van der Waals surface area contributed by atoms with Crippen molar-refractivity contribution in [2.75, 3.05) is 0 Å². The lowest BCUT2D eigenvalue weighted by atomic mass is 10.2. The predicted octanol–water partition coefficient (Wildman–Crippen LogP) is 4.08. The van der Waals surface area contributed by atoms with Crippen molar-refractivity contribution in [2.45, 2.75) is 20.1 Å². The fourth-order valence-corrected chi connectivity index (χ4v) is 2.55. The summed E-state index contributed by atoms with van der Waals surface area (Å²) < 4.78 is 21.5. The number of para-hydroxylation sites is 3. The SMILES string of the molecule is CCn1c(COc2ccccc2O)cc2cccc(F)c21. The fraction of sp³-hybridized carbons (Fsp3) is 0.176. The lowest BCUT2D eigenvalue weighted by Crippen LogP contribution is -2.05. The van der Waals surface area contributed by atoms with Crippen molar-refractivity contribution in [3.63, 3.8) is 0 Å². The van der Waals surface area contributed by atoms with Crippen LogP contribution in [0.15, 0.2) is 48.5 Å². The molecule has 0 saturated carbocycles. The molecule has 1 heterocycles. The van der Waals surface area contributed by atoms with Crippen LogP contribution in [0.25, 0.3) is 10.9 Å². The molecule has 2 aromatic carbocycles. The van der Waals surface area contributed by atoms with Crippen LogP contribution in [0.3, 0.4) is 0 Å². The first-order valence-corrected chi connectivity index (χ1v) is 6.88. The van der Waals surface area contributed by atoms with Gasteiger partial charge in [-0.15, -0.1) is 0 Å². The van der Waals surface area contributed by atoms with Crippen LogP contribution in [0.2, 0.25) is 0 Å². The Hall–Kier alpha value is -2.49. The Morgan fingerprint density at radius 1 is 1.14 bits per heavy atom.